The normalized spacial score (nSPS) is 15.5. The number of carbonyl (C=O) groups excluding carboxylic acids is 1. The number of amides is 1. The van der Waals surface area contributed by atoms with Crippen molar-refractivity contribution in [3.63, 3.8) is 0 Å². The van der Waals surface area contributed by atoms with Gasteiger partial charge < -0.3 is 25.7 Å². The summed E-state index contributed by atoms with van der Waals surface area (Å²) in [5, 5.41) is 0. The van der Waals surface area contributed by atoms with Crippen LogP contribution in [0.25, 0.3) is 0 Å². The zero-order chi connectivity index (χ0) is 15.9. The minimum absolute atomic E-state index is 0.240. The highest BCUT2D eigenvalue weighted by Crippen LogP contribution is 2.32. The predicted molar refractivity (Wildman–Crippen MR) is 83.3 cm³/mol. The molecule has 122 valence electrons. The van der Waals surface area contributed by atoms with E-state index in [1.807, 2.05) is 0 Å². The van der Waals surface area contributed by atoms with Crippen molar-refractivity contribution in [2.75, 3.05) is 52.3 Å². The Hall–Kier alpha value is -1.99. The van der Waals surface area contributed by atoms with Crippen LogP contribution in [-0.4, -0.2) is 57.4 Å². The van der Waals surface area contributed by atoms with Gasteiger partial charge in [-0.2, -0.15) is 0 Å². The maximum absolute atomic E-state index is 11.3. The van der Waals surface area contributed by atoms with Crippen LogP contribution in [0.4, 0.5) is 5.69 Å². The first-order valence-corrected chi connectivity index (χ1v) is 7.32. The monoisotopic (exact) mass is 309 g/mol. The summed E-state index contributed by atoms with van der Waals surface area (Å²) in [6, 6.07) is 3.09. The number of nitrogens with two attached hydrogens (primary N) is 2. The van der Waals surface area contributed by atoms with Gasteiger partial charge in [0.05, 0.1) is 32.5 Å². The summed E-state index contributed by atoms with van der Waals surface area (Å²) >= 11 is 0. The van der Waals surface area contributed by atoms with Crippen LogP contribution in [0.2, 0.25) is 0 Å². The van der Waals surface area contributed by atoms with Crippen LogP contribution < -0.4 is 20.9 Å². The number of hydrogen-bond acceptors (Lipinski definition) is 6. The van der Waals surface area contributed by atoms with E-state index < -0.39 is 5.91 Å². The SMILES string of the molecule is COc1cc(N)c(C(N)=O)cc1OCCCN1CCOCC1. The Labute approximate surface area is 130 Å². The molecule has 1 aromatic carbocycles. The summed E-state index contributed by atoms with van der Waals surface area (Å²) in [5.41, 5.74) is 11.6. The Bertz CT molecular complexity index is 516. The first-order chi connectivity index (χ1) is 10.6. The molecule has 1 fully saturated rings. The van der Waals surface area contributed by atoms with E-state index in [1.54, 1.807) is 6.07 Å². The third kappa shape index (κ3) is 4.25. The van der Waals surface area contributed by atoms with Gasteiger partial charge in [0.1, 0.15) is 0 Å². The van der Waals surface area contributed by atoms with E-state index in [0.29, 0.717) is 18.1 Å². The lowest BCUT2D eigenvalue weighted by atomic mass is 10.1. The number of methoxy groups -OCH3 is 1. The molecule has 4 N–H and O–H groups in total. The summed E-state index contributed by atoms with van der Waals surface area (Å²) in [5.74, 6) is 0.389. The third-order valence-electron chi connectivity index (χ3n) is 3.58. The molecule has 7 heteroatoms. The van der Waals surface area contributed by atoms with Crippen molar-refractivity contribution in [3.8, 4) is 11.5 Å². The molecule has 1 heterocycles. The molecule has 1 saturated heterocycles. The number of primary amides is 1. The molecule has 1 aliphatic rings. The second-order valence-electron chi connectivity index (χ2n) is 5.11. The number of ether oxygens (including phenoxy) is 3. The summed E-state index contributed by atoms with van der Waals surface area (Å²) < 4.78 is 16.2. The number of hydrogen-bond donors (Lipinski definition) is 2. The van der Waals surface area contributed by atoms with E-state index >= 15 is 0 Å². The quantitative estimate of drug-likeness (QED) is 0.561. The molecule has 0 saturated carbocycles. The number of anilines is 1. The molecule has 0 unspecified atom stereocenters. The highest BCUT2D eigenvalue weighted by Gasteiger charge is 2.14. The fraction of sp³-hybridized carbons (Fsp3) is 0.533. The third-order valence-corrected chi connectivity index (χ3v) is 3.58. The average Bonchev–Trinajstić information content (AvgIpc) is 2.53. The van der Waals surface area contributed by atoms with Crippen molar-refractivity contribution in [1.82, 2.24) is 4.90 Å². The molecule has 7 nitrogen and oxygen atoms in total. The largest absolute Gasteiger partial charge is 0.493 e. The standard InChI is InChI=1S/C15H23N3O4/c1-20-13-10-12(16)11(15(17)19)9-14(13)22-6-2-3-18-4-7-21-8-5-18/h9-10H,2-8,16H2,1H3,(H2,17,19). The Balaban J connectivity index is 1.90. The molecule has 0 radical (unpaired) electrons. The van der Waals surface area contributed by atoms with Gasteiger partial charge >= 0.3 is 0 Å². The summed E-state index contributed by atoms with van der Waals surface area (Å²) in [6.07, 6.45) is 0.874. The van der Waals surface area contributed by atoms with Crippen LogP contribution in [-0.2, 0) is 4.74 Å². The lowest BCUT2D eigenvalue weighted by Crippen LogP contribution is -2.37. The van der Waals surface area contributed by atoms with E-state index in [9.17, 15) is 4.79 Å². The fourth-order valence-electron chi connectivity index (χ4n) is 2.36. The lowest BCUT2D eigenvalue weighted by Gasteiger charge is -2.26. The first-order valence-electron chi connectivity index (χ1n) is 7.32. The minimum atomic E-state index is -0.585. The van der Waals surface area contributed by atoms with Gasteiger partial charge in [-0.05, 0) is 12.5 Å². The second-order valence-corrected chi connectivity index (χ2v) is 5.11. The number of nitrogens with zero attached hydrogens (tertiary/aromatic N) is 1. The van der Waals surface area contributed by atoms with Gasteiger partial charge in [0.25, 0.3) is 5.91 Å². The molecule has 22 heavy (non-hydrogen) atoms. The van der Waals surface area contributed by atoms with Gasteiger partial charge in [-0.25, -0.2) is 0 Å². The van der Waals surface area contributed by atoms with Gasteiger partial charge in [-0.1, -0.05) is 0 Å². The maximum atomic E-state index is 11.3. The highest BCUT2D eigenvalue weighted by atomic mass is 16.5. The molecule has 0 aromatic heterocycles. The van der Waals surface area contributed by atoms with Crippen LogP contribution >= 0.6 is 0 Å². The van der Waals surface area contributed by atoms with Crippen molar-refractivity contribution >= 4 is 11.6 Å². The van der Waals surface area contributed by atoms with E-state index in [0.717, 1.165) is 39.3 Å². The molecule has 0 atom stereocenters. The second kappa shape index (κ2) is 7.86. The van der Waals surface area contributed by atoms with Crippen molar-refractivity contribution in [3.05, 3.63) is 17.7 Å². The van der Waals surface area contributed by atoms with E-state index in [1.165, 1.54) is 13.2 Å². The first kappa shape index (κ1) is 16.4. The fourth-order valence-corrected chi connectivity index (χ4v) is 2.36. The number of morpholine rings is 1. The lowest BCUT2D eigenvalue weighted by molar-refractivity contribution is 0.0357. The summed E-state index contributed by atoms with van der Waals surface area (Å²) in [6.45, 7) is 4.95. The van der Waals surface area contributed by atoms with Gasteiger partial charge in [0.15, 0.2) is 11.5 Å². The molecule has 1 amide bonds. The molecule has 0 bridgehead atoms. The number of nitrogen functional groups attached to an aromatic ring is 1. The number of carbonyl (C=O) groups is 1. The van der Waals surface area contributed by atoms with E-state index in [2.05, 4.69) is 4.90 Å². The highest BCUT2D eigenvalue weighted by molar-refractivity contribution is 5.98. The smallest absolute Gasteiger partial charge is 0.250 e. The Morgan fingerprint density at radius 3 is 2.68 bits per heavy atom. The molecule has 0 aliphatic carbocycles. The van der Waals surface area contributed by atoms with Crippen molar-refractivity contribution < 1.29 is 19.0 Å². The summed E-state index contributed by atoms with van der Waals surface area (Å²) in [7, 11) is 1.53. The summed E-state index contributed by atoms with van der Waals surface area (Å²) in [4.78, 5) is 13.7. The van der Waals surface area contributed by atoms with Crippen molar-refractivity contribution in [1.29, 1.82) is 0 Å². The molecular weight excluding hydrogens is 286 g/mol. The number of benzene rings is 1. The molecule has 1 aromatic rings. The molecular formula is C15H23N3O4. The van der Waals surface area contributed by atoms with Crippen LogP contribution in [0, 0.1) is 0 Å². The van der Waals surface area contributed by atoms with Crippen LogP contribution in [0.1, 0.15) is 16.8 Å². The van der Waals surface area contributed by atoms with Crippen LogP contribution in [0.5, 0.6) is 11.5 Å². The van der Waals surface area contributed by atoms with Crippen molar-refractivity contribution in [2.24, 2.45) is 5.73 Å². The van der Waals surface area contributed by atoms with Gasteiger partial charge in [0, 0.05) is 31.4 Å². The van der Waals surface area contributed by atoms with E-state index in [4.69, 9.17) is 25.7 Å². The predicted octanol–water partition coefficient (Wildman–Crippen LogP) is 0.477. The minimum Gasteiger partial charge on any atom is -0.493 e. The Morgan fingerprint density at radius 2 is 2.05 bits per heavy atom. The van der Waals surface area contributed by atoms with Gasteiger partial charge in [-0.15, -0.1) is 0 Å². The zero-order valence-corrected chi connectivity index (χ0v) is 12.8. The van der Waals surface area contributed by atoms with Gasteiger partial charge in [-0.3, -0.25) is 9.69 Å². The topological polar surface area (TPSA) is 100 Å². The Morgan fingerprint density at radius 1 is 1.32 bits per heavy atom. The average molecular weight is 309 g/mol. The van der Waals surface area contributed by atoms with Crippen LogP contribution in [0.3, 0.4) is 0 Å². The molecule has 0 spiro atoms. The van der Waals surface area contributed by atoms with Crippen LogP contribution in [0.15, 0.2) is 12.1 Å². The zero-order valence-electron chi connectivity index (χ0n) is 12.8. The molecule has 2 rings (SSSR count). The Kier molecular flexibility index (Phi) is 5.85. The van der Waals surface area contributed by atoms with E-state index in [-0.39, 0.29) is 11.3 Å². The number of rotatable bonds is 7. The molecule has 1 aliphatic heterocycles. The van der Waals surface area contributed by atoms with Gasteiger partial charge in [0.2, 0.25) is 0 Å². The maximum Gasteiger partial charge on any atom is 0.250 e. The van der Waals surface area contributed by atoms with Crippen molar-refractivity contribution in [2.45, 2.75) is 6.42 Å².